The molecule has 0 saturated carbocycles. The molecule has 0 amide bonds. The van der Waals surface area contributed by atoms with Crippen LogP contribution in [0.4, 0.5) is 0 Å². The van der Waals surface area contributed by atoms with E-state index in [1.54, 1.807) is 0 Å². The fourth-order valence-corrected chi connectivity index (χ4v) is 2.87. The molecule has 110 valence electrons. The Labute approximate surface area is 128 Å². The molecule has 0 saturated heterocycles. The molecular formula is C20H25N. The van der Waals surface area contributed by atoms with Gasteiger partial charge in [-0.2, -0.15) is 0 Å². The molecule has 1 heteroatoms. The molecule has 0 spiro atoms. The first-order chi connectivity index (χ1) is 10.2. The summed E-state index contributed by atoms with van der Waals surface area (Å²) in [4.78, 5) is 0. The molecule has 0 bridgehead atoms. The predicted molar refractivity (Wildman–Crippen MR) is 91.6 cm³/mol. The fourth-order valence-electron chi connectivity index (χ4n) is 2.87. The van der Waals surface area contributed by atoms with Crippen molar-refractivity contribution in [2.45, 2.75) is 25.7 Å². The average molecular weight is 279 g/mol. The highest BCUT2D eigenvalue weighted by Crippen LogP contribution is 2.36. The molecule has 1 N–H and O–H groups in total. The van der Waals surface area contributed by atoms with E-state index in [1.165, 1.54) is 16.7 Å². The lowest BCUT2D eigenvalue weighted by Crippen LogP contribution is -2.37. The number of benzene rings is 2. The van der Waals surface area contributed by atoms with Crippen LogP contribution in [-0.2, 0) is 5.41 Å². The number of rotatable bonds is 6. The van der Waals surface area contributed by atoms with Crippen LogP contribution in [0, 0.1) is 0 Å². The van der Waals surface area contributed by atoms with Gasteiger partial charge in [0.2, 0.25) is 0 Å². The molecule has 1 nitrogen and oxygen atoms in total. The van der Waals surface area contributed by atoms with Crippen molar-refractivity contribution in [3.8, 4) is 0 Å². The molecular weight excluding hydrogens is 254 g/mol. The van der Waals surface area contributed by atoms with Gasteiger partial charge in [0.25, 0.3) is 0 Å². The van der Waals surface area contributed by atoms with Gasteiger partial charge in [-0.3, -0.25) is 0 Å². The van der Waals surface area contributed by atoms with E-state index in [4.69, 9.17) is 0 Å². The Balaban J connectivity index is 2.57. The first-order valence-electron chi connectivity index (χ1n) is 7.58. The average Bonchev–Trinajstić information content (AvgIpc) is 2.53. The van der Waals surface area contributed by atoms with Crippen molar-refractivity contribution in [3.63, 3.8) is 0 Å². The Morgan fingerprint density at radius 2 is 1.38 bits per heavy atom. The van der Waals surface area contributed by atoms with Crippen molar-refractivity contribution in [2.75, 3.05) is 13.6 Å². The van der Waals surface area contributed by atoms with Crippen molar-refractivity contribution >= 4 is 0 Å². The van der Waals surface area contributed by atoms with Crippen LogP contribution in [0.25, 0.3) is 0 Å². The smallest absolute Gasteiger partial charge is 0.0361 e. The molecule has 0 aliphatic heterocycles. The summed E-state index contributed by atoms with van der Waals surface area (Å²) in [5.74, 6) is 0. The van der Waals surface area contributed by atoms with Gasteiger partial charge in [0.15, 0.2) is 0 Å². The maximum absolute atomic E-state index is 3.40. The first-order valence-corrected chi connectivity index (χ1v) is 7.58. The van der Waals surface area contributed by atoms with Gasteiger partial charge in [-0.05, 0) is 38.4 Å². The highest BCUT2D eigenvalue weighted by Gasteiger charge is 2.32. The monoisotopic (exact) mass is 279 g/mol. The Kier molecular flexibility index (Phi) is 5.35. The number of nitrogens with one attached hydrogen (secondary N) is 1. The SMILES string of the molecule is CNCC(CC=C(C)C)(c1ccccc1)c1ccccc1. The molecule has 0 fully saturated rings. The summed E-state index contributed by atoms with van der Waals surface area (Å²) < 4.78 is 0. The summed E-state index contributed by atoms with van der Waals surface area (Å²) in [5.41, 5.74) is 4.07. The summed E-state index contributed by atoms with van der Waals surface area (Å²) >= 11 is 0. The van der Waals surface area contributed by atoms with E-state index >= 15 is 0 Å². The largest absolute Gasteiger partial charge is 0.319 e. The van der Waals surface area contributed by atoms with Gasteiger partial charge in [-0.25, -0.2) is 0 Å². The highest BCUT2D eigenvalue weighted by molar-refractivity contribution is 5.41. The number of allylic oxidation sites excluding steroid dienone is 2. The first kappa shape index (κ1) is 15.5. The third kappa shape index (κ3) is 3.62. The van der Waals surface area contributed by atoms with Crippen LogP contribution in [-0.4, -0.2) is 13.6 Å². The van der Waals surface area contributed by atoms with Crippen LogP contribution in [0.15, 0.2) is 72.3 Å². The molecule has 0 aromatic heterocycles. The molecule has 2 aromatic rings. The predicted octanol–water partition coefficient (Wildman–Crippen LogP) is 4.55. The van der Waals surface area contributed by atoms with Crippen LogP contribution in [0.1, 0.15) is 31.4 Å². The van der Waals surface area contributed by atoms with Crippen molar-refractivity contribution in [1.82, 2.24) is 5.32 Å². The van der Waals surface area contributed by atoms with Crippen molar-refractivity contribution in [3.05, 3.63) is 83.4 Å². The van der Waals surface area contributed by atoms with Gasteiger partial charge in [0, 0.05) is 12.0 Å². The summed E-state index contributed by atoms with van der Waals surface area (Å²) in [6, 6.07) is 21.6. The zero-order valence-electron chi connectivity index (χ0n) is 13.3. The van der Waals surface area contributed by atoms with E-state index in [0.29, 0.717) is 0 Å². The van der Waals surface area contributed by atoms with Crippen LogP contribution in [0.3, 0.4) is 0 Å². The molecule has 0 radical (unpaired) electrons. The minimum absolute atomic E-state index is 0.0193. The minimum Gasteiger partial charge on any atom is -0.319 e. The van der Waals surface area contributed by atoms with E-state index < -0.39 is 0 Å². The van der Waals surface area contributed by atoms with E-state index in [2.05, 4.69) is 85.9 Å². The van der Waals surface area contributed by atoms with Crippen molar-refractivity contribution < 1.29 is 0 Å². The molecule has 2 aromatic carbocycles. The van der Waals surface area contributed by atoms with Crippen molar-refractivity contribution in [2.24, 2.45) is 0 Å². The number of hydrogen-bond acceptors (Lipinski definition) is 1. The summed E-state index contributed by atoms with van der Waals surface area (Å²) in [6.07, 6.45) is 3.35. The molecule has 2 rings (SSSR count). The lowest BCUT2D eigenvalue weighted by molar-refractivity contribution is 0.490. The Hall–Kier alpha value is -1.86. The second-order valence-electron chi connectivity index (χ2n) is 5.83. The number of hydrogen-bond donors (Lipinski definition) is 1. The van der Waals surface area contributed by atoms with Crippen LogP contribution in [0.2, 0.25) is 0 Å². The zero-order chi connectivity index (χ0) is 15.1. The van der Waals surface area contributed by atoms with E-state index in [9.17, 15) is 0 Å². The minimum atomic E-state index is -0.0193. The summed E-state index contributed by atoms with van der Waals surface area (Å²) in [6.45, 7) is 5.26. The second-order valence-corrected chi connectivity index (χ2v) is 5.83. The summed E-state index contributed by atoms with van der Waals surface area (Å²) in [5, 5.41) is 3.40. The Morgan fingerprint density at radius 1 is 0.905 bits per heavy atom. The number of likely N-dealkylation sites (N-methyl/N-ethyl adjacent to an activating group) is 1. The van der Waals surface area contributed by atoms with Gasteiger partial charge in [0.05, 0.1) is 0 Å². The van der Waals surface area contributed by atoms with Crippen molar-refractivity contribution in [1.29, 1.82) is 0 Å². The zero-order valence-corrected chi connectivity index (χ0v) is 13.3. The fraction of sp³-hybridized carbons (Fsp3) is 0.300. The lowest BCUT2D eigenvalue weighted by Gasteiger charge is -2.34. The van der Waals surface area contributed by atoms with Gasteiger partial charge in [0.1, 0.15) is 0 Å². The third-order valence-electron chi connectivity index (χ3n) is 3.99. The van der Waals surface area contributed by atoms with E-state index in [1.807, 2.05) is 7.05 Å². The second kappa shape index (κ2) is 7.24. The van der Waals surface area contributed by atoms with Gasteiger partial charge < -0.3 is 5.32 Å². The molecule has 21 heavy (non-hydrogen) atoms. The molecule has 0 atom stereocenters. The van der Waals surface area contributed by atoms with Crippen LogP contribution in [0.5, 0.6) is 0 Å². The maximum Gasteiger partial charge on any atom is 0.0361 e. The highest BCUT2D eigenvalue weighted by atomic mass is 14.8. The van der Waals surface area contributed by atoms with Crippen LogP contribution < -0.4 is 5.32 Å². The Bertz CT molecular complexity index is 526. The molecule has 0 heterocycles. The molecule has 0 aliphatic carbocycles. The normalized spacial score (nSPS) is 11.2. The van der Waals surface area contributed by atoms with E-state index in [-0.39, 0.29) is 5.41 Å². The van der Waals surface area contributed by atoms with Crippen LogP contribution >= 0.6 is 0 Å². The van der Waals surface area contributed by atoms with Gasteiger partial charge >= 0.3 is 0 Å². The third-order valence-corrected chi connectivity index (χ3v) is 3.99. The van der Waals surface area contributed by atoms with Gasteiger partial charge in [-0.15, -0.1) is 0 Å². The van der Waals surface area contributed by atoms with E-state index in [0.717, 1.165) is 13.0 Å². The molecule has 0 aliphatic rings. The Morgan fingerprint density at radius 3 is 1.76 bits per heavy atom. The van der Waals surface area contributed by atoms with Gasteiger partial charge in [-0.1, -0.05) is 72.3 Å². The quantitative estimate of drug-likeness (QED) is 0.765. The topological polar surface area (TPSA) is 12.0 Å². The molecule has 0 unspecified atom stereocenters. The summed E-state index contributed by atoms with van der Waals surface area (Å²) in [7, 11) is 2.03. The maximum atomic E-state index is 3.40. The lowest BCUT2D eigenvalue weighted by atomic mass is 9.71. The standard InChI is InChI=1S/C20H25N/c1-17(2)14-15-20(16-21-3,18-10-6-4-7-11-18)19-12-8-5-9-13-19/h4-14,21H,15-16H2,1-3H3.